The maximum Gasteiger partial charge on any atom is 0.162 e. The van der Waals surface area contributed by atoms with E-state index in [0.29, 0.717) is 13.2 Å². The molecule has 18 heavy (non-hydrogen) atoms. The number of anilines is 1. The number of halogens is 1. The van der Waals surface area contributed by atoms with Gasteiger partial charge in [-0.3, -0.25) is 0 Å². The van der Waals surface area contributed by atoms with E-state index >= 15 is 0 Å². The Hall–Kier alpha value is -0.780. The summed E-state index contributed by atoms with van der Waals surface area (Å²) in [6, 6.07) is 6.05. The first kappa shape index (κ1) is 13.6. The fourth-order valence-electron chi connectivity index (χ4n) is 1.76. The molecule has 0 atom stereocenters. The molecule has 0 aromatic heterocycles. The highest BCUT2D eigenvalue weighted by atomic mass is 79.9. The molecular formula is C13H18BrNO3. The van der Waals surface area contributed by atoms with Crippen LogP contribution in [0.5, 0.6) is 5.75 Å². The average molecular weight is 316 g/mol. The summed E-state index contributed by atoms with van der Waals surface area (Å²) >= 11 is 3.43. The first-order valence-corrected chi connectivity index (χ1v) is 6.67. The third-order valence-corrected chi connectivity index (χ3v) is 3.44. The summed E-state index contributed by atoms with van der Waals surface area (Å²) < 4.78 is 17.4. The molecule has 1 fully saturated rings. The number of benzene rings is 1. The van der Waals surface area contributed by atoms with Gasteiger partial charge in [-0.2, -0.15) is 0 Å². The number of rotatable bonds is 3. The van der Waals surface area contributed by atoms with Crippen molar-refractivity contribution in [2.75, 3.05) is 25.6 Å². The van der Waals surface area contributed by atoms with E-state index in [9.17, 15) is 0 Å². The van der Waals surface area contributed by atoms with E-state index in [-0.39, 0.29) is 6.04 Å². The Morgan fingerprint density at radius 3 is 2.61 bits per heavy atom. The van der Waals surface area contributed by atoms with Crippen molar-refractivity contribution in [3.05, 3.63) is 22.7 Å². The van der Waals surface area contributed by atoms with Gasteiger partial charge in [-0.1, -0.05) is 0 Å². The van der Waals surface area contributed by atoms with Gasteiger partial charge in [0, 0.05) is 11.8 Å². The van der Waals surface area contributed by atoms with E-state index in [0.717, 1.165) is 15.9 Å². The van der Waals surface area contributed by atoms with Crippen LogP contribution in [-0.2, 0) is 9.47 Å². The van der Waals surface area contributed by atoms with Crippen LogP contribution in [0.3, 0.4) is 0 Å². The van der Waals surface area contributed by atoms with Gasteiger partial charge in [0.05, 0.1) is 30.8 Å². The zero-order valence-electron chi connectivity index (χ0n) is 10.8. The number of methoxy groups -OCH3 is 1. The summed E-state index contributed by atoms with van der Waals surface area (Å²) in [5, 5.41) is 3.37. The van der Waals surface area contributed by atoms with E-state index in [4.69, 9.17) is 14.2 Å². The van der Waals surface area contributed by atoms with Crippen molar-refractivity contribution < 1.29 is 14.2 Å². The molecule has 1 aliphatic heterocycles. The quantitative estimate of drug-likeness (QED) is 0.930. The molecule has 1 N–H and O–H groups in total. The van der Waals surface area contributed by atoms with Gasteiger partial charge in [0.1, 0.15) is 5.75 Å². The van der Waals surface area contributed by atoms with Crippen molar-refractivity contribution in [3.8, 4) is 5.75 Å². The zero-order valence-corrected chi connectivity index (χ0v) is 12.4. The van der Waals surface area contributed by atoms with Crippen LogP contribution in [0.4, 0.5) is 5.69 Å². The minimum Gasteiger partial charge on any atom is -0.495 e. The summed E-state index contributed by atoms with van der Waals surface area (Å²) in [4.78, 5) is 0. The van der Waals surface area contributed by atoms with E-state index in [1.54, 1.807) is 7.11 Å². The Morgan fingerprint density at radius 1 is 1.33 bits per heavy atom. The second kappa shape index (κ2) is 5.47. The minimum absolute atomic E-state index is 0.156. The second-order valence-electron chi connectivity index (χ2n) is 4.71. The van der Waals surface area contributed by atoms with Gasteiger partial charge in [-0.05, 0) is 41.9 Å². The fourth-order valence-corrected chi connectivity index (χ4v) is 2.17. The number of ether oxygens (including phenoxy) is 3. The van der Waals surface area contributed by atoms with Crippen LogP contribution in [0.25, 0.3) is 0 Å². The Labute approximate surface area is 116 Å². The molecule has 1 aromatic carbocycles. The molecule has 0 bridgehead atoms. The first-order chi connectivity index (χ1) is 8.50. The van der Waals surface area contributed by atoms with Crippen LogP contribution in [0.2, 0.25) is 0 Å². The Bertz CT molecular complexity index is 413. The van der Waals surface area contributed by atoms with E-state index < -0.39 is 5.79 Å². The maximum absolute atomic E-state index is 5.61. The second-order valence-corrected chi connectivity index (χ2v) is 5.57. The molecule has 0 radical (unpaired) electrons. The Balaban J connectivity index is 1.98. The molecule has 1 aromatic rings. The van der Waals surface area contributed by atoms with Gasteiger partial charge in [0.15, 0.2) is 5.79 Å². The van der Waals surface area contributed by atoms with Gasteiger partial charge in [0.2, 0.25) is 0 Å². The van der Waals surface area contributed by atoms with Crippen molar-refractivity contribution in [3.63, 3.8) is 0 Å². The number of hydrogen-bond acceptors (Lipinski definition) is 4. The topological polar surface area (TPSA) is 39.7 Å². The van der Waals surface area contributed by atoms with Gasteiger partial charge < -0.3 is 19.5 Å². The predicted molar refractivity (Wildman–Crippen MR) is 74.1 cm³/mol. The number of hydrogen-bond donors (Lipinski definition) is 1. The average Bonchev–Trinajstić information content (AvgIpc) is 2.34. The lowest BCUT2D eigenvalue weighted by Crippen LogP contribution is -2.45. The van der Waals surface area contributed by atoms with Crippen LogP contribution in [0, 0.1) is 0 Å². The molecule has 1 heterocycles. The lowest BCUT2D eigenvalue weighted by atomic mass is 10.2. The summed E-state index contributed by atoms with van der Waals surface area (Å²) in [5.74, 6) is 0.327. The van der Waals surface area contributed by atoms with E-state index in [1.807, 2.05) is 32.0 Å². The van der Waals surface area contributed by atoms with Crippen LogP contribution < -0.4 is 10.1 Å². The monoisotopic (exact) mass is 315 g/mol. The fraction of sp³-hybridized carbons (Fsp3) is 0.538. The zero-order chi connectivity index (χ0) is 13.2. The highest BCUT2D eigenvalue weighted by Gasteiger charge is 2.28. The van der Waals surface area contributed by atoms with Crippen LogP contribution in [-0.4, -0.2) is 32.2 Å². The summed E-state index contributed by atoms with van der Waals surface area (Å²) in [6.07, 6.45) is 0. The van der Waals surface area contributed by atoms with Gasteiger partial charge in [-0.25, -0.2) is 0 Å². The first-order valence-electron chi connectivity index (χ1n) is 5.88. The largest absolute Gasteiger partial charge is 0.495 e. The van der Waals surface area contributed by atoms with Crippen molar-refractivity contribution in [1.29, 1.82) is 0 Å². The molecule has 1 aliphatic rings. The molecule has 0 saturated carbocycles. The lowest BCUT2D eigenvalue weighted by Gasteiger charge is -2.35. The van der Waals surface area contributed by atoms with Crippen LogP contribution in [0.1, 0.15) is 13.8 Å². The van der Waals surface area contributed by atoms with Crippen LogP contribution >= 0.6 is 15.9 Å². The molecule has 2 rings (SSSR count). The maximum atomic E-state index is 5.61. The molecular weight excluding hydrogens is 298 g/mol. The summed E-state index contributed by atoms with van der Waals surface area (Å²) in [6.45, 7) is 5.11. The Kier molecular flexibility index (Phi) is 4.14. The SMILES string of the molecule is COc1cc(NC2COC(C)(C)OC2)ccc1Br. The van der Waals surface area contributed by atoms with Gasteiger partial charge in [0.25, 0.3) is 0 Å². The molecule has 0 aliphatic carbocycles. The predicted octanol–water partition coefficient (Wildman–Crippen LogP) is 3.02. The minimum atomic E-state index is -0.477. The molecule has 1 saturated heterocycles. The van der Waals surface area contributed by atoms with Crippen molar-refractivity contribution >= 4 is 21.6 Å². The normalized spacial score (nSPS) is 19.6. The Morgan fingerprint density at radius 2 is 2.00 bits per heavy atom. The van der Waals surface area contributed by atoms with Crippen molar-refractivity contribution in [1.82, 2.24) is 0 Å². The molecule has 0 spiro atoms. The number of nitrogens with one attached hydrogen (secondary N) is 1. The van der Waals surface area contributed by atoms with E-state index in [2.05, 4.69) is 21.2 Å². The highest BCUT2D eigenvalue weighted by molar-refractivity contribution is 9.10. The third-order valence-electron chi connectivity index (χ3n) is 2.79. The third kappa shape index (κ3) is 3.37. The highest BCUT2D eigenvalue weighted by Crippen LogP contribution is 2.28. The summed E-state index contributed by atoms with van der Waals surface area (Å²) in [7, 11) is 1.65. The molecule has 4 nitrogen and oxygen atoms in total. The van der Waals surface area contributed by atoms with Crippen molar-refractivity contribution in [2.45, 2.75) is 25.7 Å². The molecule has 0 amide bonds. The molecule has 0 unspecified atom stereocenters. The standard InChI is InChI=1S/C13H18BrNO3/c1-13(2)17-7-10(8-18-13)15-9-4-5-11(14)12(6-9)16-3/h4-6,10,15H,7-8H2,1-3H3. The van der Waals surface area contributed by atoms with Gasteiger partial charge in [-0.15, -0.1) is 0 Å². The lowest BCUT2D eigenvalue weighted by molar-refractivity contribution is -0.247. The van der Waals surface area contributed by atoms with Gasteiger partial charge >= 0.3 is 0 Å². The smallest absolute Gasteiger partial charge is 0.162 e. The van der Waals surface area contributed by atoms with Crippen molar-refractivity contribution in [2.24, 2.45) is 0 Å². The van der Waals surface area contributed by atoms with E-state index in [1.165, 1.54) is 0 Å². The molecule has 100 valence electrons. The molecule has 5 heteroatoms. The summed E-state index contributed by atoms with van der Waals surface area (Å²) in [5.41, 5.74) is 0.993. The van der Waals surface area contributed by atoms with Crippen LogP contribution in [0.15, 0.2) is 22.7 Å².